The number of nitrogens with one attached hydrogen (secondary N) is 1. The molecular formula is C15H14ClN3S. The maximum atomic E-state index is 6.20. The third kappa shape index (κ3) is 2.62. The van der Waals surface area contributed by atoms with E-state index in [2.05, 4.69) is 34.3 Å². The van der Waals surface area contributed by atoms with Gasteiger partial charge in [-0.3, -0.25) is 0 Å². The zero-order chi connectivity index (χ0) is 14.1. The van der Waals surface area contributed by atoms with E-state index in [-0.39, 0.29) is 0 Å². The van der Waals surface area contributed by atoms with Crippen molar-refractivity contribution in [1.82, 2.24) is 9.97 Å². The minimum atomic E-state index is 0.493. The van der Waals surface area contributed by atoms with Gasteiger partial charge in [0.25, 0.3) is 0 Å². The largest absolute Gasteiger partial charge is 0.324 e. The van der Waals surface area contributed by atoms with Gasteiger partial charge < -0.3 is 5.32 Å². The number of halogens is 1. The molecule has 0 saturated heterocycles. The Morgan fingerprint density at radius 1 is 1.20 bits per heavy atom. The molecule has 3 rings (SSSR count). The van der Waals surface area contributed by atoms with Gasteiger partial charge in [-0.2, -0.15) is 0 Å². The third-order valence-electron chi connectivity index (χ3n) is 3.09. The van der Waals surface area contributed by atoms with Crippen LogP contribution in [0.5, 0.6) is 0 Å². The molecule has 0 aliphatic heterocycles. The van der Waals surface area contributed by atoms with Gasteiger partial charge in [0.05, 0.1) is 0 Å². The first-order valence-electron chi connectivity index (χ1n) is 6.45. The van der Waals surface area contributed by atoms with E-state index in [1.165, 1.54) is 10.4 Å². The van der Waals surface area contributed by atoms with Crippen LogP contribution in [0.2, 0.25) is 5.15 Å². The van der Waals surface area contributed by atoms with Crippen molar-refractivity contribution in [2.45, 2.75) is 20.3 Å². The van der Waals surface area contributed by atoms with Crippen molar-refractivity contribution in [3.63, 3.8) is 0 Å². The molecule has 2 heterocycles. The van der Waals surface area contributed by atoms with Crippen LogP contribution in [0.25, 0.3) is 10.2 Å². The van der Waals surface area contributed by atoms with Gasteiger partial charge in [-0.25, -0.2) is 9.97 Å². The van der Waals surface area contributed by atoms with Crippen molar-refractivity contribution >= 4 is 44.8 Å². The number of rotatable bonds is 3. The molecule has 2 aromatic heterocycles. The van der Waals surface area contributed by atoms with Crippen molar-refractivity contribution in [3.05, 3.63) is 45.9 Å². The number of hydrogen-bond acceptors (Lipinski definition) is 4. The number of hydrogen-bond donors (Lipinski definition) is 1. The molecule has 3 aromatic rings. The van der Waals surface area contributed by atoms with Crippen molar-refractivity contribution in [2.75, 3.05) is 5.32 Å². The second kappa shape index (κ2) is 5.38. The smallest absolute Gasteiger partial charge is 0.230 e. The summed E-state index contributed by atoms with van der Waals surface area (Å²) in [7, 11) is 0. The summed E-state index contributed by atoms with van der Waals surface area (Å²) >= 11 is 7.83. The number of fused-ring (bicyclic) bond motifs is 1. The molecule has 0 spiro atoms. The molecule has 5 heteroatoms. The molecule has 0 bridgehead atoms. The van der Waals surface area contributed by atoms with Crippen LogP contribution in [0.4, 0.5) is 11.6 Å². The fourth-order valence-corrected chi connectivity index (χ4v) is 3.18. The lowest BCUT2D eigenvalue weighted by molar-refractivity contribution is 1.14. The van der Waals surface area contributed by atoms with E-state index in [1.807, 2.05) is 25.1 Å². The van der Waals surface area contributed by atoms with Gasteiger partial charge in [0.2, 0.25) is 5.95 Å². The monoisotopic (exact) mass is 303 g/mol. The van der Waals surface area contributed by atoms with E-state index < -0.39 is 0 Å². The van der Waals surface area contributed by atoms with Gasteiger partial charge >= 0.3 is 0 Å². The van der Waals surface area contributed by atoms with Gasteiger partial charge in [-0.15, -0.1) is 11.3 Å². The maximum Gasteiger partial charge on any atom is 0.230 e. The molecule has 0 unspecified atom stereocenters. The van der Waals surface area contributed by atoms with Gasteiger partial charge in [-0.05, 0) is 37.1 Å². The van der Waals surface area contributed by atoms with Crippen LogP contribution in [0.3, 0.4) is 0 Å². The molecule has 0 radical (unpaired) electrons. The average molecular weight is 304 g/mol. The molecule has 0 aliphatic carbocycles. The van der Waals surface area contributed by atoms with Gasteiger partial charge in [0.1, 0.15) is 9.98 Å². The topological polar surface area (TPSA) is 37.8 Å². The van der Waals surface area contributed by atoms with E-state index in [0.717, 1.165) is 22.3 Å². The van der Waals surface area contributed by atoms with Crippen molar-refractivity contribution in [3.8, 4) is 0 Å². The molecule has 0 aliphatic rings. The second-order valence-corrected chi connectivity index (χ2v) is 6.18. The highest BCUT2D eigenvalue weighted by atomic mass is 35.5. The van der Waals surface area contributed by atoms with Gasteiger partial charge in [0, 0.05) is 16.0 Å². The Hall–Kier alpha value is -1.65. The lowest BCUT2D eigenvalue weighted by atomic mass is 10.1. The zero-order valence-electron chi connectivity index (χ0n) is 11.3. The Morgan fingerprint density at radius 2 is 1.95 bits per heavy atom. The predicted molar refractivity (Wildman–Crippen MR) is 86.3 cm³/mol. The van der Waals surface area contributed by atoms with Crippen LogP contribution in [-0.4, -0.2) is 9.97 Å². The molecule has 102 valence electrons. The molecular weight excluding hydrogens is 290 g/mol. The molecule has 1 N–H and O–H groups in total. The minimum Gasteiger partial charge on any atom is -0.324 e. The van der Waals surface area contributed by atoms with Crippen LogP contribution >= 0.6 is 22.9 Å². The fraction of sp³-hybridized carbons (Fsp3) is 0.200. The first kappa shape index (κ1) is 13.3. The van der Waals surface area contributed by atoms with Crippen molar-refractivity contribution in [1.29, 1.82) is 0 Å². The number of thiophene rings is 1. The van der Waals surface area contributed by atoms with Gasteiger partial charge in [-0.1, -0.05) is 30.7 Å². The first-order chi connectivity index (χ1) is 9.65. The van der Waals surface area contributed by atoms with E-state index >= 15 is 0 Å². The fourth-order valence-electron chi connectivity index (χ4n) is 2.02. The molecule has 1 aromatic carbocycles. The Labute approximate surface area is 126 Å². The summed E-state index contributed by atoms with van der Waals surface area (Å²) < 4.78 is 0. The van der Waals surface area contributed by atoms with E-state index in [9.17, 15) is 0 Å². The van der Waals surface area contributed by atoms with Crippen molar-refractivity contribution < 1.29 is 0 Å². The molecule has 0 atom stereocenters. The summed E-state index contributed by atoms with van der Waals surface area (Å²) in [4.78, 5) is 10.9. The Kier molecular flexibility index (Phi) is 3.59. The second-order valence-electron chi connectivity index (χ2n) is 4.59. The van der Waals surface area contributed by atoms with Crippen LogP contribution in [0, 0.1) is 6.92 Å². The molecule has 0 saturated carbocycles. The van der Waals surface area contributed by atoms with Crippen LogP contribution < -0.4 is 5.32 Å². The number of aryl methyl sites for hydroxylation is 2. The quantitative estimate of drug-likeness (QED) is 0.695. The first-order valence-corrected chi connectivity index (χ1v) is 7.65. The molecule has 0 amide bonds. The SMILES string of the molecule is CCc1ccc(Nc2nc(Cl)c3cc(C)sc3n2)cc1. The molecule has 20 heavy (non-hydrogen) atoms. The maximum absolute atomic E-state index is 6.20. The van der Waals surface area contributed by atoms with E-state index in [4.69, 9.17) is 11.6 Å². The van der Waals surface area contributed by atoms with Crippen LogP contribution in [-0.2, 0) is 6.42 Å². The minimum absolute atomic E-state index is 0.493. The molecule has 0 fully saturated rings. The summed E-state index contributed by atoms with van der Waals surface area (Å²) in [5.74, 6) is 0.536. The van der Waals surface area contributed by atoms with Gasteiger partial charge in [0.15, 0.2) is 0 Å². The zero-order valence-corrected chi connectivity index (χ0v) is 12.8. The number of nitrogens with zero attached hydrogens (tertiary/aromatic N) is 2. The summed E-state index contributed by atoms with van der Waals surface area (Å²) in [5.41, 5.74) is 2.27. The van der Waals surface area contributed by atoms with Crippen LogP contribution in [0.15, 0.2) is 30.3 Å². The van der Waals surface area contributed by atoms with Crippen molar-refractivity contribution in [2.24, 2.45) is 0 Å². The summed E-state index contributed by atoms with van der Waals surface area (Å²) in [6.07, 6.45) is 1.03. The normalized spacial score (nSPS) is 10.9. The number of benzene rings is 1. The predicted octanol–water partition coefficient (Wildman–Crippen LogP) is 4.96. The summed E-state index contributed by atoms with van der Waals surface area (Å²) in [6.45, 7) is 4.18. The highest BCUT2D eigenvalue weighted by Gasteiger charge is 2.09. The van der Waals surface area contributed by atoms with E-state index in [1.54, 1.807) is 11.3 Å². The summed E-state index contributed by atoms with van der Waals surface area (Å²) in [6, 6.07) is 10.3. The highest BCUT2D eigenvalue weighted by Crippen LogP contribution is 2.29. The Morgan fingerprint density at radius 3 is 2.65 bits per heavy atom. The molecule has 3 nitrogen and oxygen atoms in total. The van der Waals surface area contributed by atoms with E-state index in [0.29, 0.717) is 11.1 Å². The standard InChI is InChI=1S/C15H14ClN3S/c1-3-10-4-6-11(7-5-10)17-15-18-13(16)12-8-9(2)20-14(12)19-15/h4-8H,3H2,1-2H3,(H,17,18,19). The van der Waals surface area contributed by atoms with Crippen LogP contribution in [0.1, 0.15) is 17.4 Å². The number of anilines is 2. The average Bonchev–Trinajstić information content (AvgIpc) is 2.81. The Balaban J connectivity index is 1.93. The third-order valence-corrected chi connectivity index (χ3v) is 4.32. The number of aromatic nitrogens is 2. The Bertz CT molecular complexity index is 750. The summed E-state index contributed by atoms with van der Waals surface area (Å²) in [5, 5.41) is 4.61. The highest BCUT2D eigenvalue weighted by molar-refractivity contribution is 7.18. The lowest BCUT2D eigenvalue weighted by Crippen LogP contribution is -1.97. The lowest BCUT2D eigenvalue weighted by Gasteiger charge is -2.06.